The van der Waals surface area contributed by atoms with Crippen molar-refractivity contribution in [3.8, 4) is 0 Å². The maximum Gasteiger partial charge on any atom is 0.251 e. The number of nitrogens with one attached hydrogen (secondary N) is 3. The van der Waals surface area contributed by atoms with Crippen LogP contribution in [-0.4, -0.2) is 42.2 Å². The van der Waals surface area contributed by atoms with Crippen molar-refractivity contribution in [3.05, 3.63) is 29.3 Å². The van der Waals surface area contributed by atoms with Crippen molar-refractivity contribution >= 4 is 29.9 Å². The highest BCUT2D eigenvalue weighted by Gasteiger charge is 2.28. The average molecular weight is 356 g/mol. The summed E-state index contributed by atoms with van der Waals surface area (Å²) in [5.74, 6) is 0.120. The van der Waals surface area contributed by atoms with E-state index in [1.807, 2.05) is 20.8 Å². The topological polar surface area (TPSA) is 90.5 Å². The molecule has 1 heterocycles. The zero-order valence-corrected chi connectivity index (χ0v) is 15.1. The molecule has 0 aromatic heterocycles. The fourth-order valence-electron chi connectivity index (χ4n) is 2.48. The van der Waals surface area contributed by atoms with Crippen LogP contribution in [0.1, 0.15) is 36.2 Å². The van der Waals surface area contributed by atoms with E-state index in [1.165, 1.54) is 0 Å². The SMILES string of the molecule is Cc1cc(C(=O)NCC(C)C)ccc1NC(=O)C1CC(O)CN1.Cl. The van der Waals surface area contributed by atoms with E-state index >= 15 is 0 Å². The first-order valence-corrected chi connectivity index (χ1v) is 7.98. The molecule has 1 aromatic rings. The Labute approximate surface area is 148 Å². The Morgan fingerprint density at radius 1 is 1.38 bits per heavy atom. The number of β-amino-alcohol motifs (C(OH)–C–C–N with tert-alkyl or cyclic N) is 1. The highest BCUT2D eigenvalue weighted by Crippen LogP contribution is 2.18. The number of aryl methyl sites for hydroxylation is 1. The summed E-state index contributed by atoms with van der Waals surface area (Å²) in [6.45, 7) is 7.00. The highest BCUT2D eigenvalue weighted by molar-refractivity contribution is 5.98. The Balaban J connectivity index is 0.00000288. The number of halogens is 1. The third kappa shape index (κ3) is 5.47. The minimum Gasteiger partial charge on any atom is -0.392 e. The zero-order chi connectivity index (χ0) is 17.0. The summed E-state index contributed by atoms with van der Waals surface area (Å²) in [7, 11) is 0. The third-order valence-corrected chi connectivity index (χ3v) is 3.84. The van der Waals surface area contributed by atoms with Gasteiger partial charge in [-0.3, -0.25) is 9.59 Å². The third-order valence-electron chi connectivity index (χ3n) is 3.84. The highest BCUT2D eigenvalue weighted by atomic mass is 35.5. The molecule has 6 nitrogen and oxygen atoms in total. The molecule has 7 heteroatoms. The molecule has 134 valence electrons. The van der Waals surface area contributed by atoms with Crippen LogP contribution in [0.2, 0.25) is 0 Å². The zero-order valence-electron chi connectivity index (χ0n) is 14.3. The summed E-state index contributed by atoms with van der Waals surface area (Å²) in [6.07, 6.45) is -0.0560. The van der Waals surface area contributed by atoms with Gasteiger partial charge in [0.25, 0.3) is 5.91 Å². The Kier molecular flexibility index (Phi) is 7.66. The maximum atomic E-state index is 12.1. The second-order valence-electron chi connectivity index (χ2n) is 6.47. The van der Waals surface area contributed by atoms with E-state index in [1.54, 1.807) is 18.2 Å². The van der Waals surface area contributed by atoms with Gasteiger partial charge in [0.15, 0.2) is 0 Å². The first-order chi connectivity index (χ1) is 10.9. The molecule has 1 saturated heterocycles. The number of carbonyl (C=O) groups excluding carboxylic acids is 2. The molecule has 1 aromatic carbocycles. The summed E-state index contributed by atoms with van der Waals surface area (Å²) < 4.78 is 0. The lowest BCUT2D eigenvalue weighted by atomic mass is 10.1. The van der Waals surface area contributed by atoms with Crippen LogP contribution in [0, 0.1) is 12.8 Å². The minimum atomic E-state index is -0.473. The molecule has 1 fully saturated rings. The molecule has 0 saturated carbocycles. The number of carbonyl (C=O) groups is 2. The van der Waals surface area contributed by atoms with E-state index in [0.717, 1.165) is 5.56 Å². The Hall–Kier alpha value is -1.63. The van der Waals surface area contributed by atoms with Gasteiger partial charge in [0.05, 0.1) is 12.1 Å². The van der Waals surface area contributed by atoms with E-state index in [9.17, 15) is 14.7 Å². The van der Waals surface area contributed by atoms with Gasteiger partial charge in [0.2, 0.25) is 5.91 Å². The van der Waals surface area contributed by atoms with E-state index in [4.69, 9.17) is 0 Å². The van der Waals surface area contributed by atoms with Crippen molar-refractivity contribution in [3.63, 3.8) is 0 Å². The number of aliphatic hydroxyl groups is 1. The fourth-order valence-corrected chi connectivity index (χ4v) is 2.48. The molecule has 0 aliphatic carbocycles. The molecule has 2 rings (SSSR count). The molecular weight excluding hydrogens is 330 g/mol. The Morgan fingerprint density at radius 2 is 2.08 bits per heavy atom. The lowest BCUT2D eigenvalue weighted by molar-refractivity contribution is -0.117. The first-order valence-electron chi connectivity index (χ1n) is 7.98. The van der Waals surface area contributed by atoms with Crippen molar-refractivity contribution in [2.75, 3.05) is 18.4 Å². The Bertz CT molecular complexity index is 592. The first kappa shape index (κ1) is 20.4. The van der Waals surface area contributed by atoms with Gasteiger partial charge >= 0.3 is 0 Å². The lowest BCUT2D eigenvalue weighted by Crippen LogP contribution is -2.35. The van der Waals surface area contributed by atoms with Crippen LogP contribution in [0.4, 0.5) is 5.69 Å². The molecule has 1 aliphatic heterocycles. The van der Waals surface area contributed by atoms with Crippen molar-refractivity contribution in [1.29, 1.82) is 0 Å². The van der Waals surface area contributed by atoms with Crippen LogP contribution in [0.3, 0.4) is 0 Å². The van der Waals surface area contributed by atoms with Crippen LogP contribution >= 0.6 is 12.4 Å². The maximum absolute atomic E-state index is 12.1. The standard InChI is InChI=1S/C17H25N3O3.ClH/c1-10(2)8-19-16(22)12-4-5-14(11(3)6-12)20-17(23)15-7-13(21)9-18-15;/h4-6,10,13,15,18,21H,7-9H2,1-3H3,(H,19,22)(H,20,23);1H. The van der Waals surface area contributed by atoms with Gasteiger partial charge in [-0.2, -0.15) is 0 Å². The van der Waals surface area contributed by atoms with Crippen molar-refractivity contribution in [2.45, 2.75) is 39.3 Å². The summed E-state index contributed by atoms with van der Waals surface area (Å²) in [4.78, 5) is 24.2. The van der Waals surface area contributed by atoms with Crippen LogP contribution < -0.4 is 16.0 Å². The Morgan fingerprint density at radius 3 is 2.62 bits per heavy atom. The molecule has 2 amide bonds. The van der Waals surface area contributed by atoms with Crippen LogP contribution in [0.15, 0.2) is 18.2 Å². The van der Waals surface area contributed by atoms with Crippen LogP contribution in [0.25, 0.3) is 0 Å². The smallest absolute Gasteiger partial charge is 0.251 e. The van der Waals surface area contributed by atoms with Gasteiger partial charge in [-0.15, -0.1) is 12.4 Å². The summed E-state index contributed by atoms with van der Waals surface area (Å²) >= 11 is 0. The number of hydrogen-bond donors (Lipinski definition) is 4. The second kappa shape index (κ2) is 9.01. The molecule has 0 spiro atoms. The fraction of sp³-hybridized carbons (Fsp3) is 0.529. The minimum absolute atomic E-state index is 0. The van der Waals surface area contributed by atoms with E-state index in [0.29, 0.717) is 36.7 Å². The summed E-state index contributed by atoms with van der Waals surface area (Å²) in [6, 6.07) is 4.83. The normalized spacial score (nSPS) is 19.7. The van der Waals surface area contributed by atoms with Gasteiger partial charge in [-0.25, -0.2) is 0 Å². The molecule has 0 bridgehead atoms. The number of rotatable bonds is 5. The number of amides is 2. The van der Waals surface area contributed by atoms with Gasteiger partial charge in [-0.05, 0) is 43.0 Å². The van der Waals surface area contributed by atoms with Gasteiger partial charge in [0, 0.05) is 24.3 Å². The monoisotopic (exact) mass is 355 g/mol. The van der Waals surface area contributed by atoms with Crippen molar-refractivity contribution in [1.82, 2.24) is 10.6 Å². The molecule has 2 atom stereocenters. The number of aliphatic hydroxyl groups excluding tert-OH is 1. The molecular formula is C17H26ClN3O3. The van der Waals surface area contributed by atoms with Gasteiger partial charge in [0.1, 0.15) is 0 Å². The molecule has 2 unspecified atom stereocenters. The molecule has 24 heavy (non-hydrogen) atoms. The molecule has 1 aliphatic rings. The van der Waals surface area contributed by atoms with Gasteiger partial charge < -0.3 is 21.1 Å². The van der Waals surface area contributed by atoms with Crippen LogP contribution in [-0.2, 0) is 4.79 Å². The summed E-state index contributed by atoms with van der Waals surface area (Å²) in [5, 5.41) is 18.2. The van der Waals surface area contributed by atoms with E-state index in [2.05, 4.69) is 16.0 Å². The van der Waals surface area contributed by atoms with Gasteiger partial charge in [-0.1, -0.05) is 13.8 Å². The van der Waals surface area contributed by atoms with Crippen molar-refractivity contribution < 1.29 is 14.7 Å². The predicted octanol–water partition coefficient (Wildman–Crippen LogP) is 1.46. The van der Waals surface area contributed by atoms with Crippen molar-refractivity contribution in [2.24, 2.45) is 5.92 Å². The second-order valence-corrected chi connectivity index (χ2v) is 6.47. The van der Waals surface area contributed by atoms with Crippen LogP contribution in [0.5, 0.6) is 0 Å². The predicted molar refractivity (Wildman–Crippen MR) is 96.6 cm³/mol. The average Bonchev–Trinajstić information content (AvgIpc) is 2.93. The number of anilines is 1. The number of benzene rings is 1. The molecule has 0 radical (unpaired) electrons. The van der Waals surface area contributed by atoms with E-state index < -0.39 is 6.10 Å². The quantitative estimate of drug-likeness (QED) is 0.643. The lowest BCUT2D eigenvalue weighted by Gasteiger charge is -2.14. The molecule has 4 N–H and O–H groups in total. The largest absolute Gasteiger partial charge is 0.392 e. The summed E-state index contributed by atoms with van der Waals surface area (Å²) in [5.41, 5.74) is 2.09. The van der Waals surface area contributed by atoms with E-state index in [-0.39, 0.29) is 30.3 Å². The number of hydrogen-bond acceptors (Lipinski definition) is 4.